The molecule has 0 fully saturated rings. The predicted octanol–water partition coefficient (Wildman–Crippen LogP) is 3.37. The van der Waals surface area contributed by atoms with Gasteiger partial charge in [0.15, 0.2) is 5.82 Å². The smallest absolute Gasteiger partial charge is 0.267 e. The Bertz CT molecular complexity index is 1520. The number of nitrogen functional groups attached to an aromatic ring is 2. The lowest BCUT2D eigenvalue weighted by Crippen LogP contribution is -2.28. The first-order chi connectivity index (χ1) is 16.2. The van der Waals surface area contributed by atoms with Gasteiger partial charge in [0.25, 0.3) is 12.0 Å². The Kier molecular flexibility index (Phi) is 5.95. The Labute approximate surface area is 195 Å². The third kappa shape index (κ3) is 4.04. The molecule has 34 heavy (non-hydrogen) atoms. The molecule has 0 spiro atoms. The van der Waals surface area contributed by atoms with Crippen LogP contribution in [-0.2, 0) is 0 Å². The van der Waals surface area contributed by atoms with Crippen LogP contribution >= 0.6 is 11.6 Å². The van der Waals surface area contributed by atoms with E-state index in [4.69, 9.17) is 23.1 Å². The maximum Gasteiger partial charge on any atom is 0.267 e. The Morgan fingerprint density at radius 2 is 1.97 bits per heavy atom. The number of nitrogens with zero attached hydrogens (tertiary/aromatic N) is 6. The van der Waals surface area contributed by atoms with Crippen LogP contribution in [0.15, 0.2) is 41.5 Å². The molecule has 1 atom stereocenters. The highest BCUT2D eigenvalue weighted by atomic mass is 35.5. The normalized spacial score (nSPS) is 12.0. The number of nitrogens with one attached hydrogen (secondary N) is 1. The van der Waals surface area contributed by atoms with Gasteiger partial charge in [-0.2, -0.15) is 15.2 Å². The van der Waals surface area contributed by atoms with Crippen LogP contribution in [0.25, 0.3) is 16.6 Å². The van der Waals surface area contributed by atoms with Crippen LogP contribution in [0.3, 0.4) is 0 Å². The second kappa shape index (κ2) is 8.87. The molecule has 10 nitrogen and oxygen atoms in total. The lowest BCUT2D eigenvalue weighted by Gasteiger charge is -2.21. The molecule has 5 N–H and O–H groups in total. The van der Waals surface area contributed by atoms with Crippen LogP contribution in [0.5, 0.6) is 0 Å². The van der Waals surface area contributed by atoms with Crippen LogP contribution in [-0.4, -0.2) is 24.5 Å². The van der Waals surface area contributed by atoms with Gasteiger partial charge in [0.05, 0.1) is 33.9 Å². The topological polar surface area (TPSA) is 161 Å². The van der Waals surface area contributed by atoms with E-state index in [0.29, 0.717) is 0 Å². The number of aromatic nitrogens is 5. The molecule has 3 heterocycles. The number of nitriles is 1. The molecule has 0 unspecified atom stereocenters. The molecule has 3 aromatic heterocycles. The fourth-order valence-electron chi connectivity index (χ4n) is 3.41. The summed E-state index contributed by atoms with van der Waals surface area (Å²) in [6.45, 7) is 1.63. The molecule has 0 aliphatic carbocycles. The summed E-state index contributed by atoms with van der Waals surface area (Å²) < 4.78 is 27.8. The Balaban J connectivity index is 1.96. The van der Waals surface area contributed by atoms with Crippen molar-refractivity contribution in [1.82, 2.24) is 24.5 Å². The van der Waals surface area contributed by atoms with Gasteiger partial charge in [-0.15, -0.1) is 0 Å². The predicted molar refractivity (Wildman–Crippen MR) is 123 cm³/mol. The van der Waals surface area contributed by atoms with Gasteiger partial charge in [-0.25, -0.2) is 13.8 Å². The molecule has 0 saturated heterocycles. The van der Waals surface area contributed by atoms with E-state index in [1.54, 1.807) is 19.1 Å². The van der Waals surface area contributed by atoms with Crippen molar-refractivity contribution in [1.29, 1.82) is 5.26 Å². The van der Waals surface area contributed by atoms with Crippen LogP contribution < -0.4 is 22.3 Å². The lowest BCUT2D eigenvalue weighted by molar-refractivity contribution is 0.151. The van der Waals surface area contributed by atoms with Crippen LogP contribution in [0.4, 0.5) is 26.4 Å². The molecule has 172 valence electrons. The quantitative estimate of drug-likeness (QED) is 0.386. The van der Waals surface area contributed by atoms with Crippen molar-refractivity contribution in [3.05, 3.63) is 69.0 Å². The first-order valence-corrected chi connectivity index (χ1v) is 10.1. The Morgan fingerprint density at radius 1 is 1.21 bits per heavy atom. The first kappa shape index (κ1) is 22.8. The monoisotopic (exact) mass is 483 g/mol. The minimum absolute atomic E-state index is 0.0199. The van der Waals surface area contributed by atoms with E-state index in [0.717, 1.165) is 16.8 Å². The zero-order valence-electron chi connectivity index (χ0n) is 17.5. The van der Waals surface area contributed by atoms with Crippen molar-refractivity contribution in [2.45, 2.75) is 19.4 Å². The van der Waals surface area contributed by atoms with E-state index in [9.17, 15) is 18.8 Å². The second-order valence-electron chi connectivity index (χ2n) is 7.19. The number of pyridine rings is 1. The van der Waals surface area contributed by atoms with E-state index in [2.05, 4.69) is 25.3 Å². The van der Waals surface area contributed by atoms with Gasteiger partial charge in [-0.05, 0) is 25.1 Å². The van der Waals surface area contributed by atoms with Crippen molar-refractivity contribution in [3.8, 4) is 11.8 Å². The molecule has 13 heteroatoms. The number of halogens is 3. The summed E-state index contributed by atoms with van der Waals surface area (Å²) in [7, 11) is 0. The highest BCUT2D eigenvalue weighted by molar-refractivity contribution is 6.35. The molecule has 4 rings (SSSR count). The minimum atomic E-state index is -2.80. The first-order valence-electron chi connectivity index (χ1n) is 9.75. The fraction of sp³-hybridized carbons (Fsp3) is 0.143. The Morgan fingerprint density at radius 3 is 2.68 bits per heavy atom. The highest BCUT2D eigenvalue weighted by Crippen LogP contribution is 2.27. The summed E-state index contributed by atoms with van der Waals surface area (Å²) >= 11 is 6.25. The number of hydrogen-bond donors (Lipinski definition) is 3. The van der Waals surface area contributed by atoms with E-state index in [1.165, 1.54) is 12.3 Å². The molecule has 4 aromatic rings. The van der Waals surface area contributed by atoms with Gasteiger partial charge in [-0.1, -0.05) is 17.7 Å². The van der Waals surface area contributed by atoms with Crippen molar-refractivity contribution in [2.75, 3.05) is 16.8 Å². The fourth-order valence-corrected chi connectivity index (χ4v) is 3.66. The highest BCUT2D eigenvalue weighted by Gasteiger charge is 2.22. The molecule has 0 bridgehead atoms. The van der Waals surface area contributed by atoms with Gasteiger partial charge in [0.1, 0.15) is 23.3 Å². The van der Waals surface area contributed by atoms with Crippen molar-refractivity contribution in [2.24, 2.45) is 0 Å². The standard InChI is InChI=1S/C21H16ClF2N9O/c1-9(29-18-12(6-25)17(26)31-21(27)32-18)19-30-14-4-2-3-13(22)15(14)20(34)33(19)11-5-10(16(23)24)7-28-8-11/h2-5,7-9,16H,1H3,(H5,26,27,29,31,32)/t9-/m0/s1. The largest absolute Gasteiger partial charge is 0.382 e. The molecule has 0 amide bonds. The number of rotatable bonds is 5. The molecular formula is C21H16ClF2N9O. The molecule has 0 aliphatic rings. The average Bonchev–Trinajstić information content (AvgIpc) is 2.78. The zero-order valence-corrected chi connectivity index (χ0v) is 18.3. The summed E-state index contributed by atoms with van der Waals surface area (Å²) in [5, 5.41) is 12.7. The van der Waals surface area contributed by atoms with E-state index in [1.807, 2.05) is 6.07 Å². The second-order valence-corrected chi connectivity index (χ2v) is 7.60. The van der Waals surface area contributed by atoms with Gasteiger partial charge in [0.2, 0.25) is 5.95 Å². The molecule has 0 saturated carbocycles. The van der Waals surface area contributed by atoms with E-state index in [-0.39, 0.29) is 56.1 Å². The average molecular weight is 484 g/mol. The maximum absolute atomic E-state index is 13.5. The molecule has 1 aromatic carbocycles. The van der Waals surface area contributed by atoms with E-state index >= 15 is 0 Å². The summed E-state index contributed by atoms with van der Waals surface area (Å²) in [4.78, 5) is 29.7. The maximum atomic E-state index is 13.5. The number of hydrogen-bond acceptors (Lipinski definition) is 9. The van der Waals surface area contributed by atoms with Gasteiger partial charge < -0.3 is 16.8 Å². The summed E-state index contributed by atoms with van der Waals surface area (Å²) in [5.41, 5.74) is 10.8. The van der Waals surface area contributed by atoms with Crippen LogP contribution in [0, 0.1) is 11.3 Å². The summed E-state index contributed by atoms with van der Waals surface area (Å²) in [6, 6.07) is 7.00. The number of anilines is 3. The third-order valence-electron chi connectivity index (χ3n) is 4.93. The summed E-state index contributed by atoms with van der Waals surface area (Å²) in [6.07, 6.45) is -0.535. The number of nitrogens with two attached hydrogens (primary N) is 2. The molecular weight excluding hydrogens is 468 g/mol. The van der Waals surface area contributed by atoms with Crippen molar-refractivity contribution >= 4 is 40.1 Å². The van der Waals surface area contributed by atoms with Gasteiger partial charge >= 0.3 is 0 Å². The summed E-state index contributed by atoms with van der Waals surface area (Å²) in [5.74, 6) is -0.163. The number of alkyl halides is 2. The van der Waals surface area contributed by atoms with Crippen molar-refractivity contribution < 1.29 is 8.78 Å². The third-order valence-corrected chi connectivity index (χ3v) is 5.25. The van der Waals surface area contributed by atoms with Crippen LogP contribution in [0.2, 0.25) is 5.02 Å². The van der Waals surface area contributed by atoms with Gasteiger partial charge in [-0.3, -0.25) is 14.3 Å². The SMILES string of the molecule is C[C@H](Nc1nc(N)nc(N)c1C#N)c1nc2cccc(Cl)c2c(=O)n1-c1cncc(C(F)F)c1. The van der Waals surface area contributed by atoms with E-state index < -0.39 is 18.0 Å². The Hall–Kier alpha value is -4.37. The zero-order chi connectivity index (χ0) is 24.6. The minimum Gasteiger partial charge on any atom is -0.382 e. The number of fused-ring (bicyclic) bond motifs is 1. The molecule has 0 aliphatic heterocycles. The van der Waals surface area contributed by atoms with Gasteiger partial charge in [0, 0.05) is 11.8 Å². The van der Waals surface area contributed by atoms with Crippen LogP contribution in [0.1, 0.15) is 36.3 Å². The molecule has 0 radical (unpaired) electrons. The number of benzene rings is 1. The lowest BCUT2D eigenvalue weighted by atomic mass is 10.2. The van der Waals surface area contributed by atoms with Crippen molar-refractivity contribution in [3.63, 3.8) is 0 Å².